The Morgan fingerprint density at radius 2 is 1.65 bits per heavy atom. The number of methoxy groups -OCH3 is 2. The molecule has 2 aromatic carbocycles. The Morgan fingerprint density at radius 3 is 2.39 bits per heavy atom. The molecule has 0 unspecified atom stereocenters. The number of ether oxygens (including phenoxy) is 2. The van der Waals surface area contributed by atoms with E-state index in [1.54, 1.807) is 14.2 Å². The highest BCUT2D eigenvalue weighted by Gasteiger charge is 2.38. The number of fused-ring (bicyclic) bond motifs is 5. The molecule has 0 saturated carbocycles. The van der Waals surface area contributed by atoms with Crippen molar-refractivity contribution in [2.75, 3.05) is 14.2 Å². The van der Waals surface area contributed by atoms with Crippen molar-refractivity contribution in [3.63, 3.8) is 0 Å². The second kappa shape index (κ2) is 4.79. The normalized spacial score (nSPS) is 14.4. The van der Waals surface area contributed by atoms with Crippen molar-refractivity contribution in [1.29, 1.82) is 0 Å². The molecule has 0 radical (unpaired) electrons. The fourth-order valence-corrected chi connectivity index (χ4v) is 6.64. The summed E-state index contributed by atoms with van der Waals surface area (Å²) in [5, 5.41) is 3.79. The summed E-state index contributed by atoms with van der Waals surface area (Å²) in [7, 11) is 1.51. The average molecular weight is 322 g/mol. The Kier molecular flexibility index (Phi) is 2.96. The summed E-state index contributed by atoms with van der Waals surface area (Å²) in [5.74, 6) is 0.554. The number of rotatable bonds is 2. The molecule has 4 rings (SSSR count). The Hall–Kier alpha value is -2.40. The molecule has 0 spiro atoms. The molecule has 0 fully saturated rings. The number of hydrogen-bond acceptors (Lipinski definition) is 4. The second-order valence-electron chi connectivity index (χ2n) is 6.27. The average Bonchev–Trinajstić information content (AvgIpc) is 2.82. The third-order valence-electron chi connectivity index (χ3n) is 4.73. The maximum absolute atomic E-state index is 5.45. The monoisotopic (exact) mass is 322 g/mol. The van der Waals surface area contributed by atoms with Gasteiger partial charge in [0.15, 0.2) is 0 Å². The topological polar surface area (TPSA) is 44.2 Å². The highest BCUT2D eigenvalue weighted by Crippen LogP contribution is 2.36. The van der Waals surface area contributed by atoms with E-state index in [9.17, 15) is 0 Å². The summed E-state index contributed by atoms with van der Waals surface area (Å²) >= 11 is 0. The van der Waals surface area contributed by atoms with Crippen molar-refractivity contribution >= 4 is 29.4 Å². The van der Waals surface area contributed by atoms with E-state index < -0.39 is 8.07 Å². The van der Waals surface area contributed by atoms with E-state index in [2.05, 4.69) is 59.5 Å². The molecule has 1 aromatic heterocycles. The Bertz CT molecular complexity index is 938. The van der Waals surface area contributed by atoms with E-state index in [1.807, 2.05) is 0 Å². The van der Waals surface area contributed by atoms with E-state index in [1.165, 1.54) is 21.5 Å². The molecule has 2 heterocycles. The fraction of sp³-hybridized carbons (Fsp3) is 0.222. The van der Waals surface area contributed by atoms with Crippen molar-refractivity contribution in [1.82, 2.24) is 9.97 Å². The minimum atomic E-state index is -1.70. The molecule has 0 saturated heterocycles. The number of benzene rings is 2. The Labute approximate surface area is 136 Å². The lowest BCUT2D eigenvalue weighted by Gasteiger charge is -2.18. The van der Waals surface area contributed by atoms with Crippen LogP contribution in [0.15, 0.2) is 36.4 Å². The molecular formula is C18H18N2O2Si. The first-order chi connectivity index (χ1) is 11.1. The summed E-state index contributed by atoms with van der Waals surface area (Å²) in [6.45, 7) is 4.78. The predicted molar refractivity (Wildman–Crippen MR) is 94.8 cm³/mol. The van der Waals surface area contributed by atoms with Gasteiger partial charge in [-0.3, -0.25) is 0 Å². The van der Waals surface area contributed by atoms with Crippen molar-refractivity contribution in [3.8, 4) is 23.0 Å². The molecule has 1 aliphatic heterocycles. The highest BCUT2D eigenvalue weighted by atomic mass is 28.3. The molecule has 4 nitrogen and oxygen atoms in total. The van der Waals surface area contributed by atoms with Crippen LogP contribution in [0, 0.1) is 0 Å². The lowest BCUT2D eigenvalue weighted by atomic mass is 10.0. The van der Waals surface area contributed by atoms with Gasteiger partial charge in [0.25, 0.3) is 0 Å². The SMILES string of the molecule is COc1nc(OC)c2ccc3c(c2n1)-c1ccccc1[Si]3(C)C. The summed E-state index contributed by atoms with van der Waals surface area (Å²) in [4.78, 5) is 8.96. The van der Waals surface area contributed by atoms with Gasteiger partial charge >= 0.3 is 6.01 Å². The van der Waals surface area contributed by atoms with Crippen molar-refractivity contribution in [2.24, 2.45) is 0 Å². The van der Waals surface area contributed by atoms with Crippen LogP contribution in [0.25, 0.3) is 22.0 Å². The van der Waals surface area contributed by atoms with Crippen LogP contribution in [0.1, 0.15) is 0 Å². The third kappa shape index (κ3) is 1.83. The van der Waals surface area contributed by atoms with E-state index in [-0.39, 0.29) is 0 Å². The van der Waals surface area contributed by atoms with E-state index in [4.69, 9.17) is 9.47 Å². The van der Waals surface area contributed by atoms with Gasteiger partial charge < -0.3 is 9.47 Å². The molecule has 116 valence electrons. The fourth-order valence-electron chi connectivity index (χ4n) is 3.58. The minimum absolute atomic E-state index is 0.339. The summed E-state index contributed by atoms with van der Waals surface area (Å²) in [6.07, 6.45) is 0. The molecule has 0 bridgehead atoms. The summed E-state index contributed by atoms with van der Waals surface area (Å²) < 4.78 is 10.7. The number of aromatic nitrogens is 2. The number of nitrogens with zero attached hydrogens (tertiary/aromatic N) is 2. The second-order valence-corrected chi connectivity index (χ2v) is 10.6. The zero-order chi connectivity index (χ0) is 16.2. The van der Waals surface area contributed by atoms with Crippen LogP contribution in [-0.4, -0.2) is 32.3 Å². The maximum Gasteiger partial charge on any atom is 0.320 e. The number of hydrogen-bond donors (Lipinski definition) is 0. The van der Waals surface area contributed by atoms with Gasteiger partial charge in [-0.2, -0.15) is 9.97 Å². The minimum Gasteiger partial charge on any atom is -0.480 e. The molecule has 0 N–H and O–H groups in total. The summed E-state index contributed by atoms with van der Waals surface area (Å²) in [6, 6.07) is 13.3. The molecule has 0 atom stereocenters. The van der Waals surface area contributed by atoms with Gasteiger partial charge in [-0.15, -0.1) is 0 Å². The molecule has 0 aliphatic carbocycles. The van der Waals surface area contributed by atoms with Crippen LogP contribution >= 0.6 is 0 Å². The van der Waals surface area contributed by atoms with Gasteiger partial charge in [0, 0.05) is 5.56 Å². The smallest absolute Gasteiger partial charge is 0.320 e. The molecular weight excluding hydrogens is 304 g/mol. The van der Waals surface area contributed by atoms with Crippen molar-refractivity contribution in [3.05, 3.63) is 36.4 Å². The zero-order valence-corrected chi connectivity index (χ0v) is 14.7. The van der Waals surface area contributed by atoms with Crippen molar-refractivity contribution < 1.29 is 9.47 Å². The summed E-state index contributed by atoms with van der Waals surface area (Å²) in [5.41, 5.74) is 3.41. The van der Waals surface area contributed by atoms with Crippen LogP contribution in [-0.2, 0) is 0 Å². The van der Waals surface area contributed by atoms with Crippen LogP contribution in [0.4, 0.5) is 0 Å². The van der Waals surface area contributed by atoms with E-state index in [0.717, 1.165) is 10.9 Å². The Balaban J connectivity index is 2.17. The van der Waals surface area contributed by atoms with Crippen LogP contribution in [0.3, 0.4) is 0 Å². The molecule has 0 amide bonds. The lowest BCUT2D eigenvalue weighted by Crippen LogP contribution is -2.49. The van der Waals surface area contributed by atoms with Gasteiger partial charge in [0.2, 0.25) is 5.88 Å². The molecule has 1 aliphatic rings. The lowest BCUT2D eigenvalue weighted by molar-refractivity contribution is 0.357. The van der Waals surface area contributed by atoms with E-state index in [0.29, 0.717) is 11.9 Å². The molecule has 23 heavy (non-hydrogen) atoms. The van der Waals surface area contributed by atoms with Gasteiger partial charge in [0.05, 0.1) is 25.1 Å². The largest absolute Gasteiger partial charge is 0.480 e. The third-order valence-corrected chi connectivity index (χ3v) is 8.28. The zero-order valence-electron chi connectivity index (χ0n) is 13.7. The predicted octanol–water partition coefficient (Wildman–Crippen LogP) is 2.45. The van der Waals surface area contributed by atoms with Crippen LogP contribution < -0.4 is 19.8 Å². The van der Waals surface area contributed by atoms with Gasteiger partial charge in [-0.25, -0.2) is 0 Å². The van der Waals surface area contributed by atoms with Gasteiger partial charge in [0.1, 0.15) is 8.07 Å². The molecule has 3 aromatic rings. The van der Waals surface area contributed by atoms with Gasteiger partial charge in [-0.1, -0.05) is 43.4 Å². The van der Waals surface area contributed by atoms with Crippen LogP contribution in [0.2, 0.25) is 13.1 Å². The maximum atomic E-state index is 5.45. The first-order valence-corrected chi connectivity index (χ1v) is 10.6. The van der Waals surface area contributed by atoms with Crippen LogP contribution in [0.5, 0.6) is 11.9 Å². The quantitative estimate of drug-likeness (QED) is 0.680. The van der Waals surface area contributed by atoms with Crippen molar-refractivity contribution in [2.45, 2.75) is 13.1 Å². The van der Waals surface area contributed by atoms with Gasteiger partial charge in [-0.05, 0) is 22.0 Å². The first kappa shape index (κ1) is 14.2. The highest BCUT2D eigenvalue weighted by molar-refractivity contribution is 7.04. The van der Waals surface area contributed by atoms with E-state index >= 15 is 0 Å². The molecule has 5 heteroatoms. The Morgan fingerprint density at radius 1 is 0.870 bits per heavy atom. The first-order valence-electron chi connectivity index (χ1n) is 7.61. The standard InChI is InChI=1S/C18H18N2O2Si/c1-21-17-12-9-10-14-15(16(12)19-18(20-17)22-2)11-7-5-6-8-13(11)23(14,3)4/h5-10H,1-4H3.